The van der Waals surface area contributed by atoms with Crippen molar-refractivity contribution in [3.8, 4) is 5.75 Å². The summed E-state index contributed by atoms with van der Waals surface area (Å²) in [6.45, 7) is 3.71. The minimum atomic E-state index is 0.168. The second kappa shape index (κ2) is 8.27. The van der Waals surface area contributed by atoms with E-state index in [0.29, 0.717) is 13.0 Å². The number of ether oxygens (including phenoxy) is 1. The fourth-order valence-electron chi connectivity index (χ4n) is 1.98. The molecule has 2 aromatic rings. The van der Waals surface area contributed by atoms with Crippen LogP contribution in [0.3, 0.4) is 0 Å². The lowest BCUT2D eigenvalue weighted by Gasteiger charge is -2.09. The van der Waals surface area contributed by atoms with Gasteiger partial charge in [0.25, 0.3) is 0 Å². The Kier molecular flexibility index (Phi) is 6.03. The Bertz CT molecular complexity index is 541. The van der Waals surface area contributed by atoms with Crippen LogP contribution in [0.15, 0.2) is 42.6 Å². The molecule has 2 N–H and O–H groups in total. The lowest BCUT2D eigenvalue weighted by molar-refractivity contribution is 0.297. The summed E-state index contributed by atoms with van der Waals surface area (Å²) in [6, 6.07) is 11.8. The molecule has 0 fully saturated rings. The average molecular weight is 286 g/mol. The molecule has 0 atom stereocenters. The molecule has 0 unspecified atom stereocenters. The molecule has 1 aromatic heterocycles. The van der Waals surface area contributed by atoms with Gasteiger partial charge >= 0.3 is 0 Å². The molecule has 0 radical (unpaired) electrons. The maximum absolute atomic E-state index is 8.88. The van der Waals surface area contributed by atoms with Crippen LogP contribution in [-0.2, 0) is 13.0 Å². The topological polar surface area (TPSA) is 54.4 Å². The summed E-state index contributed by atoms with van der Waals surface area (Å²) in [4.78, 5) is 4.31. The smallest absolute Gasteiger partial charge is 0.130 e. The van der Waals surface area contributed by atoms with Crippen molar-refractivity contribution in [2.75, 3.05) is 18.5 Å². The lowest BCUT2D eigenvalue weighted by Crippen LogP contribution is -2.03. The van der Waals surface area contributed by atoms with E-state index in [1.807, 2.05) is 36.4 Å². The number of benzene rings is 1. The van der Waals surface area contributed by atoms with Crippen LogP contribution < -0.4 is 10.1 Å². The van der Waals surface area contributed by atoms with Gasteiger partial charge in [0.15, 0.2) is 0 Å². The van der Waals surface area contributed by atoms with E-state index in [1.165, 1.54) is 0 Å². The number of pyridine rings is 1. The van der Waals surface area contributed by atoms with E-state index < -0.39 is 0 Å². The van der Waals surface area contributed by atoms with Gasteiger partial charge in [-0.05, 0) is 42.7 Å². The maximum atomic E-state index is 8.88. The summed E-state index contributed by atoms with van der Waals surface area (Å²) in [5, 5.41) is 12.2. The summed E-state index contributed by atoms with van der Waals surface area (Å²) < 4.78 is 5.73. The van der Waals surface area contributed by atoms with Crippen LogP contribution >= 0.6 is 0 Å². The summed E-state index contributed by atoms with van der Waals surface area (Å²) in [5.41, 5.74) is 3.08. The van der Waals surface area contributed by atoms with Gasteiger partial charge in [0, 0.05) is 25.0 Å². The number of hydrogen-bond acceptors (Lipinski definition) is 4. The molecular weight excluding hydrogens is 264 g/mol. The predicted molar refractivity (Wildman–Crippen MR) is 84.6 cm³/mol. The number of anilines is 1. The number of nitrogens with one attached hydrogen (secondary N) is 1. The van der Waals surface area contributed by atoms with Crippen molar-refractivity contribution in [1.82, 2.24) is 4.98 Å². The van der Waals surface area contributed by atoms with Crippen LogP contribution in [0.25, 0.3) is 0 Å². The Morgan fingerprint density at radius 3 is 2.71 bits per heavy atom. The molecule has 2 rings (SSSR count). The summed E-state index contributed by atoms with van der Waals surface area (Å²) in [7, 11) is 0. The van der Waals surface area contributed by atoms with E-state index >= 15 is 0 Å². The number of nitrogens with zero attached hydrogens (tertiary/aromatic N) is 1. The molecule has 0 saturated carbocycles. The summed E-state index contributed by atoms with van der Waals surface area (Å²) >= 11 is 0. The zero-order valence-corrected chi connectivity index (χ0v) is 12.4. The first kappa shape index (κ1) is 15.3. The molecule has 4 heteroatoms. The van der Waals surface area contributed by atoms with E-state index in [-0.39, 0.29) is 6.61 Å². The first-order valence-electron chi connectivity index (χ1n) is 7.33. The van der Waals surface area contributed by atoms with E-state index in [9.17, 15) is 0 Å². The molecule has 0 bridgehead atoms. The number of aliphatic hydroxyl groups is 1. The summed E-state index contributed by atoms with van der Waals surface area (Å²) in [5.74, 6) is 0.811. The largest absolute Gasteiger partial charge is 0.487 e. The quantitative estimate of drug-likeness (QED) is 0.783. The van der Waals surface area contributed by atoms with E-state index in [1.54, 1.807) is 6.20 Å². The molecule has 4 nitrogen and oxygen atoms in total. The molecule has 0 spiro atoms. The maximum Gasteiger partial charge on any atom is 0.130 e. The lowest BCUT2D eigenvalue weighted by atomic mass is 10.1. The van der Waals surface area contributed by atoms with Gasteiger partial charge in [0.2, 0.25) is 0 Å². The van der Waals surface area contributed by atoms with Crippen LogP contribution in [0.2, 0.25) is 0 Å². The van der Waals surface area contributed by atoms with Crippen LogP contribution in [0.5, 0.6) is 5.75 Å². The highest BCUT2D eigenvalue weighted by Crippen LogP contribution is 2.15. The Morgan fingerprint density at radius 2 is 2.00 bits per heavy atom. The third kappa shape index (κ3) is 5.08. The molecule has 1 aromatic carbocycles. The summed E-state index contributed by atoms with van der Waals surface area (Å²) in [6.07, 6.45) is 3.56. The number of aliphatic hydroxyl groups excluding tert-OH is 1. The predicted octanol–water partition coefficient (Wildman–Crippen LogP) is 3.02. The zero-order valence-electron chi connectivity index (χ0n) is 12.4. The number of hydrogen-bond donors (Lipinski definition) is 2. The normalized spacial score (nSPS) is 10.4. The van der Waals surface area contributed by atoms with Crippen molar-refractivity contribution < 1.29 is 9.84 Å². The molecule has 1 heterocycles. The Labute approximate surface area is 125 Å². The molecule has 0 aliphatic rings. The molecular formula is C17H22N2O2. The first-order chi connectivity index (χ1) is 10.3. The van der Waals surface area contributed by atoms with Crippen LogP contribution in [0, 0.1) is 0 Å². The van der Waals surface area contributed by atoms with Gasteiger partial charge in [-0.2, -0.15) is 0 Å². The molecule has 21 heavy (non-hydrogen) atoms. The van der Waals surface area contributed by atoms with Gasteiger partial charge in [-0.25, -0.2) is 0 Å². The van der Waals surface area contributed by atoms with Crippen molar-refractivity contribution in [3.63, 3.8) is 0 Å². The molecule has 0 aliphatic heterocycles. The second-order valence-corrected chi connectivity index (χ2v) is 4.87. The monoisotopic (exact) mass is 286 g/mol. The van der Waals surface area contributed by atoms with Gasteiger partial charge in [-0.1, -0.05) is 19.1 Å². The van der Waals surface area contributed by atoms with E-state index in [2.05, 4.69) is 17.2 Å². The van der Waals surface area contributed by atoms with Gasteiger partial charge in [-0.15, -0.1) is 0 Å². The first-order valence-corrected chi connectivity index (χ1v) is 7.33. The molecule has 0 saturated heterocycles. The van der Waals surface area contributed by atoms with Crippen LogP contribution in [0.4, 0.5) is 5.69 Å². The van der Waals surface area contributed by atoms with Crippen molar-refractivity contribution in [2.24, 2.45) is 0 Å². The minimum Gasteiger partial charge on any atom is -0.487 e. The van der Waals surface area contributed by atoms with Crippen LogP contribution in [0.1, 0.15) is 24.6 Å². The fourth-order valence-corrected chi connectivity index (χ4v) is 1.98. The highest BCUT2D eigenvalue weighted by atomic mass is 16.5. The van der Waals surface area contributed by atoms with Gasteiger partial charge in [0.05, 0.1) is 5.69 Å². The average Bonchev–Trinajstić information content (AvgIpc) is 2.53. The highest BCUT2D eigenvalue weighted by Gasteiger charge is 2.00. The van der Waals surface area contributed by atoms with Crippen molar-refractivity contribution in [1.29, 1.82) is 0 Å². The fraction of sp³-hybridized carbons (Fsp3) is 0.353. The van der Waals surface area contributed by atoms with Gasteiger partial charge in [-0.3, -0.25) is 4.98 Å². The van der Waals surface area contributed by atoms with E-state index in [0.717, 1.165) is 35.7 Å². The molecule has 0 amide bonds. The second-order valence-electron chi connectivity index (χ2n) is 4.87. The third-order valence-electron chi connectivity index (χ3n) is 3.11. The van der Waals surface area contributed by atoms with Crippen molar-refractivity contribution in [2.45, 2.75) is 26.4 Å². The minimum absolute atomic E-state index is 0.168. The van der Waals surface area contributed by atoms with Gasteiger partial charge < -0.3 is 15.2 Å². The molecule has 0 aliphatic carbocycles. The van der Waals surface area contributed by atoms with Gasteiger partial charge in [0.1, 0.15) is 12.4 Å². The zero-order chi connectivity index (χ0) is 14.9. The van der Waals surface area contributed by atoms with Crippen LogP contribution in [-0.4, -0.2) is 23.2 Å². The van der Waals surface area contributed by atoms with Crippen molar-refractivity contribution >= 4 is 5.69 Å². The Balaban J connectivity index is 1.90. The standard InChI is InChI=1S/C17H22N2O2/c1-2-9-18-15-7-10-19-16(12-15)13-21-17-5-3-14(4-6-17)8-11-20/h3-7,10,12,20H,2,8-9,11,13H2,1H3,(H,18,19). The third-order valence-corrected chi connectivity index (χ3v) is 3.11. The SMILES string of the molecule is CCCNc1ccnc(COc2ccc(CCO)cc2)c1. The highest BCUT2D eigenvalue weighted by molar-refractivity contribution is 5.43. The number of aromatic nitrogens is 1. The Hall–Kier alpha value is -2.07. The van der Waals surface area contributed by atoms with Crippen molar-refractivity contribution in [3.05, 3.63) is 53.9 Å². The van der Waals surface area contributed by atoms with E-state index in [4.69, 9.17) is 9.84 Å². The number of rotatable bonds is 8. The molecule has 112 valence electrons. The Morgan fingerprint density at radius 1 is 1.19 bits per heavy atom.